The molecule has 0 aliphatic carbocycles. The lowest BCUT2D eigenvalue weighted by molar-refractivity contribution is -0.138. The summed E-state index contributed by atoms with van der Waals surface area (Å²) in [5.74, 6) is -0.252. The van der Waals surface area contributed by atoms with Gasteiger partial charge in [0.2, 0.25) is 5.89 Å². The van der Waals surface area contributed by atoms with E-state index in [0.717, 1.165) is 36.4 Å². The Hall–Kier alpha value is -2.22. The van der Waals surface area contributed by atoms with Gasteiger partial charge in [-0.2, -0.15) is 26.3 Å². The summed E-state index contributed by atoms with van der Waals surface area (Å²) in [7, 11) is 0. The molecule has 3 rings (SSSR count). The molecule has 0 atom stereocenters. The third kappa shape index (κ3) is 2.93. The smallest absolute Gasteiger partial charge is 0.418 e. The van der Waals surface area contributed by atoms with Crippen molar-refractivity contribution >= 4 is 22.7 Å². The van der Waals surface area contributed by atoms with Gasteiger partial charge in [0.25, 0.3) is 0 Å². The lowest BCUT2D eigenvalue weighted by Gasteiger charge is -2.06. The van der Waals surface area contributed by atoms with E-state index in [-0.39, 0.29) is 22.1 Å². The molecule has 0 bridgehead atoms. The molecule has 9 heteroatoms. The third-order valence-electron chi connectivity index (χ3n) is 3.26. The molecule has 2 nitrogen and oxygen atoms in total. The molecule has 0 fully saturated rings. The average molecular weight is 366 g/mol. The summed E-state index contributed by atoms with van der Waals surface area (Å²) in [6.45, 7) is 0. The van der Waals surface area contributed by atoms with Crippen LogP contribution in [0.2, 0.25) is 5.02 Å². The number of halogens is 7. The second-order valence-corrected chi connectivity index (χ2v) is 5.27. The van der Waals surface area contributed by atoms with E-state index in [4.69, 9.17) is 16.0 Å². The second-order valence-electron chi connectivity index (χ2n) is 4.86. The Morgan fingerprint density at radius 2 is 1.46 bits per heavy atom. The Morgan fingerprint density at radius 1 is 0.833 bits per heavy atom. The van der Waals surface area contributed by atoms with Crippen molar-refractivity contribution in [2.75, 3.05) is 0 Å². The van der Waals surface area contributed by atoms with Crippen LogP contribution in [0.3, 0.4) is 0 Å². The normalized spacial score (nSPS) is 12.8. The van der Waals surface area contributed by atoms with Gasteiger partial charge in [0.05, 0.1) is 16.1 Å². The van der Waals surface area contributed by atoms with E-state index < -0.39 is 29.0 Å². The fourth-order valence-corrected chi connectivity index (χ4v) is 2.32. The minimum Gasteiger partial charge on any atom is -0.434 e. The topological polar surface area (TPSA) is 26.0 Å². The number of fused-ring (bicyclic) bond motifs is 1. The van der Waals surface area contributed by atoms with E-state index in [2.05, 4.69) is 4.98 Å². The third-order valence-corrected chi connectivity index (χ3v) is 3.56. The maximum atomic E-state index is 13.0. The molecule has 0 radical (unpaired) electrons. The van der Waals surface area contributed by atoms with Crippen molar-refractivity contribution in [3.8, 4) is 11.5 Å². The zero-order valence-corrected chi connectivity index (χ0v) is 12.2. The summed E-state index contributed by atoms with van der Waals surface area (Å²) >= 11 is 5.82. The number of oxazole rings is 1. The highest BCUT2D eigenvalue weighted by atomic mass is 35.5. The zero-order chi connectivity index (χ0) is 17.7. The molecule has 0 aliphatic rings. The van der Waals surface area contributed by atoms with Crippen LogP contribution >= 0.6 is 11.6 Å². The summed E-state index contributed by atoms with van der Waals surface area (Å²) in [6, 6.07) is 5.49. The highest BCUT2D eigenvalue weighted by Gasteiger charge is 2.35. The van der Waals surface area contributed by atoms with E-state index in [1.807, 2.05) is 0 Å². The first-order valence-electron chi connectivity index (χ1n) is 6.41. The van der Waals surface area contributed by atoms with Gasteiger partial charge in [-0.15, -0.1) is 0 Å². The average Bonchev–Trinajstić information content (AvgIpc) is 2.91. The fraction of sp³-hybridized carbons (Fsp3) is 0.133. The highest BCUT2D eigenvalue weighted by Crippen LogP contribution is 2.39. The summed E-state index contributed by atoms with van der Waals surface area (Å²) in [5.41, 5.74) is -2.60. The van der Waals surface area contributed by atoms with Gasteiger partial charge in [-0.25, -0.2) is 4.98 Å². The number of benzene rings is 2. The Bertz CT molecular complexity index is 895. The van der Waals surface area contributed by atoms with Crippen LogP contribution in [0.15, 0.2) is 40.8 Å². The fourth-order valence-electron chi connectivity index (χ4n) is 2.13. The molecular weight excluding hydrogens is 360 g/mol. The Morgan fingerprint density at radius 3 is 2.00 bits per heavy atom. The van der Waals surface area contributed by atoms with Crippen molar-refractivity contribution in [2.45, 2.75) is 12.4 Å². The predicted molar refractivity (Wildman–Crippen MR) is 74.5 cm³/mol. The SMILES string of the molecule is FC(F)(F)c1ccc(-c2nc3c(C(F)(F)F)ccc(Cl)c3o2)cc1. The minimum atomic E-state index is -4.67. The number of hydrogen-bond acceptors (Lipinski definition) is 2. The highest BCUT2D eigenvalue weighted by molar-refractivity contribution is 6.34. The molecule has 0 saturated carbocycles. The number of nitrogens with zero attached hydrogens (tertiary/aromatic N) is 1. The number of rotatable bonds is 1. The van der Waals surface area contributed by atoms with E-state index >= 15 is 0 Å². The Kier molecular flexibility index (Phi) is 3.75. The van der Waals surface area contributed by atoms with E-state index in [1.54, 1.807) is 0 Å². The zero-order valence-electron chi connectivity index (χ0n) is 11.5. The largest absolute Gasteiger partial charge is 0.434 e. The van der Waals surface area contributed by atoms with Crippen LogP contribution in [0.1, 0.15) is 11.1 Å². The number of alkyl halides is 6. The summed E-state index contributed by atoms with van der Waals surface area (Å²) < 4.78 is 81.8. The quantitative estimate of drug-likeness (QED) is 0.481. The van der Waals surface area contributed by atoms with Crippen molar-refractivity contribution in [3.05, 3.63) is 52.5 Å². The molecule has 0 amide bonds. The molecule has 3 aromatic rings. The first kappa shape index (κ1) is 16.6. The predicted octanol–water partition coefficient (Wildman–Crippen LogP) is 6.19. The second kappa shape index (κ2) is 5.41. The molecule has 2 aromatic carbocycles. The van der Waals surface area contributed by atoms with Gasteiger partial charge in [-0.3, -0.25) is 0 Å². The van der Waals surface area contributed by atoms with Crippen LogP contribution in [0.4, 0.5) is 26.3 Å². The van der Waals surface area contributed by atoms with Gasteiger partial charge in [0.1, 0.15) is 5.52 Å². The van der Waals surface area contributed by atoms with Gasteiger partial charge in [-0.1, -0.05) is 11.6 Å². The Labute approximate surface area is 135 Å². The summed E-state index contributed by atoms with van der Waals surface area (Å²) in [5, 5.41) is -0.0799. The van der Waals surface area contributed by atoms with Gasteiger partial charge < -0.3 is 4.42 Å². The van der Waals surface area contributed by atoms with E-state index in [9.17, 15) is 26.3 Å². The monoisotopic (exact) mass is 365 g/mol. The maximum Gasteiger partial charge on any atom is 0.418 e. The molecule has 1 heterocycles. The Balaban J connectivity index is 2.13. The number of hydrogen-bond donors (Lipinski definition) is 0. The van der Waals surface area contributed by atoms with Gasteiger partial charge >= 0.3 is 12.4 Å². The van der Waals surface area contributed by atoms with Crippen LogP contribution in [0.25, 0.3) is 22.6 Å². The molecule has 24 heavy (non-hydrogen) atoms. The molecule has 0 N–H and O–H groups in total. The van der Waals surface area contributed by atoms with Crippen LogP contribution in [-0.4, -0.2) is 4.98 Å². The minimum absolute atomic E-state index is 0.0799. The van der Waals surface area contributed by atoms with Gasteiger partial charge in [-0.05, 0) is 36.4 Å². The molecule has 1 aromatic heterocycles. The molecule has 0 spiro atoms. The van der Waals surface area contributed by atoms with Gasteiger partial charge in [0.15, 0.2) is 5.58 Å². The van der Waals surface area contributed by atoms with E-state index in [1.165, 1.54) is 0 Å². The number of aromatic nitrogens is 1. The first-order chi connectivity index (χ1) is 11.1. The summed E-state index contributed by atoms with van der Waals surface area (Å²) in [4.78, 5) is 3.75. The molecule has 0 aliphatic heterocycles. The van der Waals surface area contributed by atoms with Gasteiger partial charge in [0, 0.05) is 5.56 Å². The summed E-state index contributed by atoms with van der Waals surface area (Å²) in [6.07, 6.45) is -9.19. The standard InChI is InChI=1S/C15H6ClF6NO/c16-10-6-5-9(15(20,21)22)11-12(10)24-13(23-11)7-1-3-8(4-2-7)14(17,18)19/h1-6H. The molecule has 126 valence electrons. The van der Waals surface area contributed by atoms with Crippen molar-refractivity contribution in [1.82, 2.24) is 4.98 Å². The van der Waals surface area contributed by atoms with Crippen LogP contribution in [0, 0.1) is 0 Å². The van der Waals surface area contributed by atoms with Crippen molar-refractivity contribution < 1.29 is 30.8 Å². The molecular formula is C15H6ClF6NO. The lowest BCUT2D eigenvalue weighted by atomic mass is 10.1. The van der Waals surface area contributed by atoms with Crippen LogP contribution in [0.5, 0.6) is 0 Å². The van der Waals surface area contributed by atoms with Crippen molar-refractivity contribution in [2.24, 2.45) is 0 Å². The lowest BCUT2D eigenvalue weighted by Crippen LogP contribution is -2.05. The molecule has 0 saturated heterocycles. The van der Waals surface area contributed by atoms with Crippen LogP contribution in [-0.2, 0) is 12.4 Å². The first-order valence-corrected chi connectivity index (χ1v) is 6.79. The van der Waals surface area contributed by atoms with Crippen LogP contribution < -0.4 is 0 Å². The maximum absolute atomic E-state index is 13.0. The van der Waals surface area contributed by atoms with E-state index in [0.29, 0.717) is 0 Å². The van der Waals surface area contributed by atoms with Crippen molar-refractivity contribution in [1.29, 1.82) is 0 Å². The van der Waals surface area contributed by atoms with Crippen molar-refractivity contribution in [3.63, 3.8) is 0 Å². The molecule has 0 unspecified atom stereocenters.